The van der Waals surface area contributed by atoms with Gasteiger partial charge in [-0.15, -0.1) is 0 Å². The van der Waals surface area contributed by atoms with Crippen molar-refractivity contribution in [3.05, 3.63) is 71.0 Å². The Morgan fingerprint density at radius 2 is 1.79 bits per heavy atom. The maximum absolute atomic E-state index is 13.1. The van der Waals surface area contributed by atoms with Gasteiger partial charge in [-0.2, -0.15) is 0 Å². The summed E-state index contributed by atoms with van der Waals surface area (Å²) in [6.45, 7) is 2.62. The van der Waals surface area contributed by atoms with E-state index in [-0.39, 0.29) is 24.9 Å². The number of aryl methyl sites for hydroxylation is 1. The smallest absolute Gasteiger partial charge is 0.325 e. The van der Waals surface area contributed by atoms with Gasteiger partial charge in [0.15, 0.2) is 0 Å². The van der Waals surface area contributed by atoms with E-state index in [1.165, 1.54) is 34.1 Å². The molecule has 2 aromatic carbocycles. The van der Waals surface area contributed by atoms with Crippen LogP contribution in [-0.2, 0) is 11.3 Å². The first-order valence-electron chi connectivity index (χ1n) is 9.12. The van der Waals surface area contributed by atoms with E-state index in [9.17, 15) is 18.8 Å². The number of likely N-dealkylation sites (tertiary alicyclic amines) is 1. The van der Waals surface area contributed by atoms with Gasteiger partial charge >= 0.3 is 6.03 Å². The minimum Gasteiger partial charge on any atom is -0.336 e. The van der Waals surface area contributed by atoms with Crippen LogP contribution < -0.4 is 5.32 Å². The highest BCUT2D eigenvalue weighted by Crippen LogP contribution is 2.30. The largest absolute Gasteiger partial charge is 0.336 e. The van der Waals surface area contributed by atoms with Crippen LogP contribution >= 0.6 is 0 Å². The monoisotopic (exact) mass is 381 g/mol. The predicted molar refractivity (Wildman–Crippen MR) is 99.9 cm³/mol. The molecule has 1 unspecified atom stereocenters. The summed E-state index contributed by atoms with van der Waals surface area (Å²) in [5, 5.41) is 2.79. The number of nitrogens with zero attached hydrogens (tertiary/aromatic N) is 2. The fourth-order valence-electron chi connectivity index (χ4n) is 3.73. The molecule has 7 heteroatoms. The molecular weight excluding hydrogens is 361 g/mol. The third kappa shape index (κ3) is 3.13. The molecule has 0 aliphatic carbocycles. The molecule has 1 N–H and O–H groups in total. The molecule has 2 aliphatic rings. The number of hydrogen-bond acceptors (Lipinski definition) is 3. The lowest BCUT2D eigenvalue weighted by molar-refractivity contribution is -0.131. The van der Waals surface area contributed by atoms with Crippen LogP contribution in [0.5, 0.6) is 0 Å². The Labute approximate surface area is 161 Å². The first-order chi connectivity index (χ1) is 13.4. The van der Waals surface area contributed by atoms with E-state index in [2.05, 4.69) is 5.32 Å². The number of carbonyl (C=O) groups is 3. The topological polar surface area (TPSA) is 69.7 Å². The van der Waals surface area contributed by atoms with Gasteiger partial charge in [-0.25, -0.2) is 9.18 Å². The summed E-state index contributed by atoms with van der Waals surface area (Å²) in [6.07, 6.45) is 0.356. The number of halogens is 1. The molecule has 4 rings (SSSR count). The maximum atomic E-state index is 13.1. The SMILES string of the molecule is Cc1ccc(CN2C(=O)NC3(CCN(C(=O)c4ccc(F)cc4)C3)C2=O)cc1. The Bertz CT molecular complexity index is 942. The standard InChI is InChI=1S/C21H20FN3O3/c1-14-2-4-15(5-3-14)12-25-19(27)21(23-20(25)28)10-11-24(13-21)18(26)16-6-8-17(22)9-7-16/h2-9H,10-13H2,1H3,(H,23,28). The van der Waals surface area contributed by atoms with Crippen molar-refractivity contribution in [3.63, 3.8) is 0 Å². The molecule has 144 valence electrons. The number of rotatable bonds is 3. The summed E-state index contributed by atoms with van der Waals surface area (Å²) in [5.74, 6) is -1.01. The third-order valence-corrected chi connectivity index (χ3v) is 5.35. The molecule has 2 saturated heterocycles. The van der Waals surface area contributed by atoms with Crippen LogP contribution in [-0.4, -0.2) is 46.3 Å². The second kappa shape index (κ2) is 6.74. The van der Waals surface area contributed by atoms with Gasteiger partial charge in [-0.05, 0) is 43.2 Å². The number of urea groups is 1. The first kappa shape index (κ1) is 18.2. The normalized spacial score (nSPS) is 21.5. The fourth-order valence-corrected chi connectivity index (χ4v) is 3.73. The van der Waals surface area contributed by atoms with E-state index in [4.69, 9.17) is 0 Å². The van der Waals surface area contributed by atoms with E-state index in [1.807, 2.05) is 31.2 Å². The fraction of sp³-hybridized carbons (Fsp3) is 0.286. The lowest BCUT2D eigenvalue weighted by Gasteiger charge is -2.22. The van der Waals surface area contributed by atoms with Crippen LogP contribution in [0.3, 0.4) is 0 Å². The minimum atomic E-state index is -1.09. The van der Waals surface area contributed by atoms with Crippen molar-refractivity contribution in [2.75, 3.05) is 13.1 Å². The molecule has 6 nitrogen and oxygen atoms in total. The second-order valence-corrected chi connectivity index (χ2v) is 7.37. The summed E-state index contributed by atoms with van der Waals surface area (Å²) < 4.78 is 13.1. The van der Waals surface area contributed by atoms with E-state index in [1.54, 1.807) is 0 Å². The van der Waals surface area contributed by atoms with Crippen molar-refractivity contribution >= 4 is 17.8 Å². The predicted octanol–water partition coefficient (Wildman–Crippen LogP) is 2.47. The number of amides is 4. The van der Waals surface area contributed by atoms with Crippen LogP contribution in [0.4, 0.5) is 9.18 Å². The van der Waals surface area contributed by atoms with Crippen LogP contribution in [0, 0.1) is 12.7 Å². The summed E-state index contributed by atoms with van der Waals surface area (Å²) in [6, 6.07) is 12.5. The van der Waals surface area contributed by atoms with E-state index in [0.717, 1.165) is 11.1 Å². The molecule has 2 aromatic rings. The van der Waals surface area contributed by atoms with Gasteiger partial charge in [0.1, 0.15) is 11.4 Å². The molecule has 2 fully saturated rings. The molecule has 4 amide bonds. The van der Waals surface area contributed by atoms with Crippen molar-refractivity contribution in [2.24, 2.45) is 0 Å². The summed E-state index contributed by atoms with van der Waals surface area (Å²) >= 11 is 0. The molecule has 0 aromatic heterocycles. The molecule has 0 radical (unpaired) electrons. The van der Waals surface area contributed by atoms with E-state index < -0.39 is 17.4 Å². The zero-order chi connectivity index (χ0) is 19.9. The molecule has 1 spiro atoms. The van der Waals surface area contributed by atoms with Gasteiger partial charge in [0.25, 0.3) is 11.8 Å². The zero-order valence-electron chi connectivity index (χ0n) is 15.4. The molecule has 28 heavy (non-hydrogen) atoms. The molecule has 2 aliphatic heterocycles. The highest BCUT2D eigenvalue weighted by molar-refractivity contribution is 6.08. The Hall–Kier alpha value is -3.22. The third-order valence-electron chi connectivity index (χ3n) is 5.35. The summed E-state index contributed by atoms with van der Waals surface area (Å²) in [7, 11) is 0. The van der Waals surface area contributed by atoms with Gasteiger partial charge in [-0.3, -0.25) is 14.5 Å². The average Bonchev–Trinajstić information content (AvgIpc) is 3.20. The lowest BCUT2D eigenvalue weighted by atomic mass is 9.99. The van der Waals surface area contributed by atoms with Crippen molar-refractivity contribution in [1.82, 2.24) is 15.1 Å². The summed E-state index contributed by atoms with van der Waals surface area (Å²) in [4.78, 5) is 40.9. The van der Waals surface area contributed by atoms with Crippen LogP contribution in [0.25, 0.3) is 0 Å². The number of hydrogen-bond donors (Lipinski definition) is 1. The van der Waals surface area contributed by atoms with Crippen molar-refractivity contribution in [1.29, 1.82) is 0 Å². The quantitative estimate of drug-likeness (QED) is 0.831. The van der Waals surface area contributed by atoms with Gasteiger partial charge in [-0.1, -0.05) is 29.8 Å². The van der Waals surface area contributed by atoms with Gasteiger partial charge in [0.2, 0.25) is 0 Å². The van der Waals surface area contributed by atoms with Gasteiger partial charge in [0.05, 0.1) is 13.1 Å². The van der Waals surface area contributed by atoms with Crippen LogP contribution in [0.2, 0.25) is 0 Å². The molecule has 0 saturated carbocycles. The highest BCUT2D eigenvalue weighted by Gasteiger charge is 2.55. The van der Waals surface area contributed by atoms with E-state index >= 15 is 0 Å². The number of imide groups is 1. The Balaban J connectivity index is 1.49. The summed E-state index contributed by atoms with van der Waals surface area (Å²) in [5.41, 5.74) is 1.23. The Morgan fingerprint density at radius 1 is 1.11 bits per heavy atom. The van der Waals surface area contributed by atoms with Gasteiger partial charge < -0.3 is 10.2 Å². The molecular formula is C21H20FN3O3. The number of carbonyl (C=O) groups excluding carboxylic acids is 3. The maximum Gasteiger partial charge on any atom is 0.325 e. The highest BCUT2D eigenvalue weighted by atomic mass is 19.1. The second-order valence-electron chi connectivity index (χ2n) is 7.37. The average molecular weight is 381 g/mol. The first-order valence-corrected chi connectivity index (χ1v) is 9.12. The van der Waals surface area contributed by atoms with Crippen LogP contribution in [0.1, 0.15) is 27.9 Å². The Morgan fingerprint density at radius 3 is 2.46 bits per heavy atom. The van der Waals surface area contributed by atoms with E-state index in [0.29, 0.717) is 18.5 Å². The Kier molecular flexibility index (Phi) is 4.37. The molecule has 1 atom stereocenters. The van der Waals surface area contributed by atoms with Crippen molar-refractivity contribution < 1.29 is 18.8 Å². The van der Waals surface area contributed by atoms with Crippen molar-refractivity contribution in [3.8, 4) is 0 Å². The number of nitrogens with one attached hydrogen (secondary N) is 1. The minimum absolute atomic E-state index is 0.109. The van der Waals surface area contributed by atoms with Crippen molar-refractivity contribution in [2.45, 2.75) is 25.4 Å². The molecule has 0 bridgehead atoms. The van der Waals surface area contributed by atoms with Gasteiger partial charge in [0, 0.05) is 12.1 Å². The lowest BCUT2D eigenvalue weighted by Crippen LogP contribution is -2.49. The van der Waals surface area contributed by atoms with Crippen LogP contribution in [0.15, 0.2) is 48.5 Å². The zero-order valence-corrected chi connectivity index (χ0v) is 15.4. The molecule has 2 heterocycles. The number of benzene rings is 2.